The zero-order chi connectivity index (χ0) is 54.3. The number of carbonyl (C=O) groups excluding carboxylic acids is 3. The van der Waals surface area contributed by atoms with Crippen LogP contribution in [0.5, 0.6) is 0 Å². The molecule has 0 saturated carbocycles. The lowest BCUT2D eigenvalue weighted by atomic mass is 10.0. The molecule has 0 aromatic carbocycles. The smallest absolute Gasteiger partial charge is 0.306 e. The van der Waals surface area contributed by atoms with Crippen LogP contribution in [0.1, 0.15) is 367 Å². The summed E-state index contributed by atoms with van der Waals surface area (Å²) in [6.07, 6.45) is 78.8. The number of hydrogen-bond acceptors (Lipinski definition) is 6. The van der Waals surface area contributed by atoms with E-state index < -0.39 is 6.10 Å². The average molecular weight is 1050 g/mol. The van der Waals surface area contributed by atoms with Crippen molar-refractivity contribution in [1.29, 1.82) is 0 Å². The number of allylic oxidation sites excluding steroid dienone is 6. The van der Waals surface area contributed by atoms with Gasteiger partial charge in [0.2, 0.25) is 0 Å². The fourth-order valence-corrected chi connectivity index (χ4v) is 10.1. The first-order chi connectivity index (χ1) is 37.0. The molecule has 0 spiro atoms. The van der Waals surface area contributed by atoms with E-state index in [4.69, 9.17) is 14.2 Å². The molecule has 0 aromatic rings. The Kier molecular flexibility index (Phi) is 62.1. The summed E-state index contributed by atoms with van der Waals surface area (Å²) in [5.41, 5.74) is 0. The molecule has 0 amide bonds. The highest BCUT2D eigenvalue weighted by molar-refractivity contribution is 5.71. The van der Waals surface area contributed by atoms with E-state index in [9.17, 15) is 14.4 Å². The predicted molar refractivity (Wildman–Crippen MR) is 326 cm³/mol. The van der Waals surface area contributed by atoms with Crippen molar-refractivity contribution in [3.05, 3.63) is 36.5 Å². The standard InChI is InChI=1S/C69H128O6/c1-4-7-10-13-16-19-22-24-26-28-29-30-31-32-33-34-35-36-37-38-39-41-42-44-47-50-53-56-59-62-68(71)74-65-66(64-73-67(70)61-58-55-52-49-46-21-18-15-12-9-6-3)75-69(72)63-60-57-54-51-48-45-43-40-27-25-23-20-17-14-11-8-5-2/h22,24-25,27-29,66H,4-21,23,26,30-65H2,1-3H3/b24-22-,27-25-,29-28-. The number of ether oxygens (including phenoxy) is 3. The van der Waals surface area contributed by atoms with E-state index in [-0.39, 0.29) is 31.1 Å². The monoisotopic (exact) mass is 1050 g/mol. The first-order valence-electron chi connectivity index (χ1n) is 33.5. The SMILES string of the molecule is CCCCCCC/C=C\C/C=C\CCCCCCCCCCCCCCCCCCCC(=O)OCC(COC(=O)CCCCCCCCCCCCC)OC(=O)CCCCCCCCC/C=C\CCCCCCCC. The Labute approximate surface area is 467 Å². The number of hydrogen-bond donors (Lipinski definition) is 0. The first kappa shape index (κ1) is 72.6. The Morgan fingerprint density at radius 2 is 0.480 bits per heavy atom. The van der Waals surface area contributed by atoms with Crippen LogP contribution in [0.3, 0.4) is 0 Å². The third-order valence-corrected chi connectivity index (χ3v) is 15.1. The van der Waals surface area contributed by atoms with Crippen molar-refractivity contribution < 1.29 is 28.6 Å². The van der Waals surface area contributed by atoms with Gasteiger partial charge in [0, 0.05) is 19.3 Å². The maximum absolute atomic E-state index is 12.9. The molecule has 440 valence electrons. The quantitative estimate of drug-likeness (QED) is 0.0261. The fraction of sp³-hybridized carbons (Fsp3) is 0.870. The summed E-state index contributed by atoms with van der Waals surface area (Å²) in [7, 11) is 0. The summed E-state index contributed by atoms with van der Waals surface area (Å²) in [5.74, 6) is -0.849. The zero-order valence-corrected chi connectivity index (χ0v) is 50.6. The van der Waals surface area contributed by atoms with E-state index in [0.29, 0.717) is 19.3 Å². The molecule has 0 N–H and O–H groups in total. The summed E-state index contributed by atoms with van der Waals surface area (Å²) in [5, 5.41) is 0. The maximum Gasteiger partial charge on any atom is 0.306 e. The highest BCUT2D eigenvalue weighted by Gasteiger charge is 2.19. The number of rotatable bonds is 62. The van der Waals surface area contributed by atoms with Crippen LogP contribution < -0.4 is 0 Å². The number of carbonyl (C=O) groups is 3. The Hall–Kier alpha value is -2.37. The van der Waals surface area contributed by atoms with Crippen LogP contribution >= 0.6 is 0 Å². The summed E-state index contributed by atoms with van der Waals surface area (Å²) in [4.78, 5) is 38.3. The molecule has 1 unspecified atom stereocenters. The third kappa shape index (κ3) is 62.4. The normalized spacial score (nSPS) is 12.2. The first-order valence-corrected chi connectivity index (χ1v) is 33.5. The second-order valence-corrected chi connectivity index (χ2v) is 22.7. The second kappa shape index (κ2) is 64.2. The minimum absolute atomic E-state index is 0.0685. The van der Waals surface area contributed by atoms with Crippen molar-refractivity contribution in [2.75, 3.05) is 13.2 Å². The molecule has 0 saturated heterocycles. The molecule has 0 aromatic heterocycles. The molecular formula is C69H128O6. The average Bonchev–Trinajstić information content (AvgIpc) is 3.41. The molecule has 6 heteroatoms. The maximum atomic E-state index is 12.9. The van der Waals surface area contributed by atoms with Crippen LogP contribution in [0.25, 0.3) is 0 Å². The lowest BCUT2D eigenvalue weighted by Crippen LogP contribution is -2.30. The molecule has 0 aliphatic rings. The van der Waals surface area contributed by atoms with Gasteiger partial charge in [-0.3, -0.25) is 14.4 Å². The number of unbranched alkanes of at least 4 members (excludes halogenated alkanes) is 45. The van der Waals surface area contributed by atoms with E-state index >= 15 is 0 Å². The van der Waals surface area contributed by atoms with Crippen molar-refractivity contribution in [2.45, 2.75) is 374 Å². The Bertz CT molecular complexity index is 1250. The Balaban J connectivity index is 4.14. The molecule has 0 heterocycles. The van der Waals surface area contributed by atoms with Gasteiger partial charge in [-0.25, -0.2) is 0 Å². The van der Waals surface area contributed by atoms with Crippen LogP contribution in [0.2, 0.25) is 0 Å². The minimum atomic E-state index is -0.770. The molecule has 0 aliphatic carbocycles. The molecule has 1 atom stereocenters. The largest absolute Gasteiger partial charge is 0.462 e. The Morgan fingerprint density at radius 1 is 0.267 bits per heavy atom. The van der Waals surface area contributed by atoms with Crippen molar-refractivity contribution in [1.82, 2.24) is 0 Å². The summed E-state index contributed by atoms with van der Waals surface area (Å²) in [6.45, 7) is 6.67. The van der Waals surface area contributed by atoms with Crippen LogP contribution in [-0.4, -0.2) is 37.2 Å². The van der Waals surface area contributed by atoms with Crippen molar-refractivity contribution in [3.8, 4) is 0 Å². The minimum Gasteiger partial charge on any atom is -0.462 e. The predicted octanol–water partition coefficient (Wildman–Crippen LogP) is 22.8. The summed E-state index contributed by atoms with van der Waals surface area (Å²) >= 11 is 0. The molecule has 75 heavy (non-hydrogen) atoms. The van der Waals surface area contributed by atoms with E-state index in [2.05, 4.69) is 57.2 Å². The summed E-state index contributed by atoms with van der Waals surface area (Å²) in [6, 6.07) is 0. The third-order valence-electron chi connectivity index (χ3n) is 15.1. The lowest BCUT2D eigenvalue weighted by molar-refractivity contribution is -0.167. The molecular weight excluding hydrogens is 925 g/mol. The number of esters is 3. The highest BCUT2D eigenvalue weighted by atomic mass is 16.6. The molecule has 0 bridgehead atoms. The van der Waals surface area contributed by atoms with Crippen LogP contribution in [0.15, 0.2) is 36.5 Å². The van der Waals surface area contributed by atoms with E-state index in [1.807, 2.05) is 0 Å². The van der Waals surface area contributed by atoms with E-state index in [1.165, 1.54) is 263 Å². The molecule has 0 aliphatic heterocycles. The molecule has 6 nitrogen and oxygen atoms in total. The van der Waals surface area contributed by atoms with Gasteiger partial charge in [0.25, 0.3) is 0 Å². The van der Waals surface area contributed by atoms with Gasteiger partial charge in [0.1, 0.15) is 13.2 Å². The lowest BCUT2D eigenvalue weighted by Gasteiger charge is -2.18. The van der Waals surface area contributed by atoms with E-state index in [1.54, 1.807) is 0 Å². The second-order valence-electron chi connectivity index (χ2n) is 22.7. The van der Waals surface area contributed by atoms with Gasteiger partial charge >= 0.3 is 17.9 Å². The molecule has 0 rings (SSSR count). The van der Waals surface area contributed by atoms with E-state index in [0.717, 1.165) is 64.2 Å². The summed E-state index contributed by atoms with van der Waals surface area (Å²) < 4.78 is 16.9. The van der Waals surface area contributed by atoms with Gasteiger partial charge in [-0.15, -0.1) is 0 Å². The van der Waals surface area contributed by atoms with Crippen molar-refractivity contribution in [3.63, 3.8) is 0 Å². The van der Waals surface area contributed by atoms with Crippen molar-refractivity contribution >= 4 is 17.9 Å². The van der Waals surface area contributed by atoms with Gasteiger partial charge in [-0.2, -0.15) is 0 Å². The molecule has 0 fully saturated rings. The van der Waals surface area contributed by atoms with Gasteiger partial charge < -0.3 is 14.2 Å². The van der Waals surface area contributed by atoms with Crippen molar-refractivity contribution in [2.24, 2.45) is 0 Å². The van der Waals surface area contributed by atoms with Gasteiger partial charge in [-0.05, 0) is 77.0 Å². The highest BCUT2D eigenvalue weighted by Crippen LogP contribution is 2.18. The Morgan fingerprint density at radius 3 is 0.747 bits per heavy atom. The van der Waals surface area contributed by atoms with Crippen LogP contribution in [0, 0.1) is 0 Å². The zero-order valence-electron chi connectivity index (χ0n) is 50.6. The fourth-order valence-electron chi connectivity index (χ4n) is 10.1. The van der Waals surface area contributed by atoms with Gasteiger partial charge in [0.05, 0.1) is 0 Å². The molecule has 0 radical (unpaired) electrons. The van der Waals surface area contributed by atoms with Gasteiger partial charge in [0.15, 0.2) is 6.10 Å². The van der Waals surface area contributed by atoms with Crippen LogP contribution in [0.4, 0.5) is 0 Å². The topological polar surface area (TPSA) is 78.9 Å². The van der Waals surface area contributed by atoms with Gasteiger partial charge in [-0.1, -0.05) is 308 Å². The van der Waals surface area contributed by atoms with Crippen LogP contribution in [-0.2, 0) is 28.6 Å².